The van der Waals surface area contributed by atoms with Gasteiger partial charge in [-0.3, -0.25) is 4.79 Å². The van der Waals surface area contributed by atoms with Gasteiger partial charge in [0.15, 0.2) is 0 Å². The van der Waals surface area contributed by atoms with Crippen molar-refractivity contribution < 1.29 is 19.1 Å². The summed E-state index contributed by atoms with van der Waals surface area (Å²) < 4.78 is 9.25. The maximum atomic E-state index is 11.7. The largest absolute Gasteiger partial charge is 0.510 e. The Kier molecular flexibility index (Phi) is 3.34. The molecule has 5 heteroatoms. The molecule has 1 atom stereocenters. The zero-order valence-electron chi connectivity index (χ0n) is 9.31. The normalized spacial score (nSPS) is 20.6. The third-order valence-electron chi connectivity index (χ3n) is 2.28. The molecule has 0 aromatic carbocycles. The molecule has 1 unspecified atom stereocenters. The minimum Gasteiger partial charge on any atom is -0.438 e. The number of methoxy groups -OCH3 is 1. The van der Waals surface area contributed by atoms with Crippen molar-refractivity contribution in [1.29, 1.82) is 0 Å². The second kappa shape index (κ2) is 4.33. The lowest BCUT2D eigenvalue weighted by molar-refractivity contribution is -0.130. The van der Waals surface area contributed by atoms with Gasteiger partial charge in [0.05, 0.1) is 7.11 Å². The summed E-state index contributed by atoms with van der Waals surface area (Å²) >= 11 is 0. The highest BCUT2D eigenvalue weighted by molar-refractivity contribution is 5.96. The maximum absolute atomic E-state index is 11.7. The fourth-order valence-electron chi connectivity index (χ4n) is 1.36. The van der Waals surface area contributed by atoms with Gasteiger partial charge in [-0.05, 0) is 12.0 Å². The first-order valence-electron chi connectivity index (χ1n) is 4.70. The highest BCUT2D eigenvalue weighted by Gasteiger charge is 2.33. The third-order valence-corrected chi connectivity index (χ3v) is 2.28. The lowest BCUT2D eigenvalue weighted by Gasteiger charge is -2.18. The highest BCUT2D eigenvalue weighted by Crippen LogP contribution is 2.23. The Morgan fingerprint density at radius 2 is 2.13 bits per heavy atom. The topological polar surface area (TPSA) is 55.8 Å². The Labute approximate surface area is 88.6 Å². The van der Waals surface area contributed by atoms with Gasteiger partial charge >= 0.3 is 6.16 Å². The summed E-state index contributed by atoms with van der Waals surface area (Å²) in [5.41, 5.74) is 0.659. The minimum atomic E-state index is -0.791. The van der Waals surface area contributed by atoms with Crippen LogP contribution in [-0.2, 0) is 14.3 Å². The Morgan fingerprint density at radius 3 is 2.53 bits per heavy atom. The molecule has 0 spiro atoms. The van der Waals surface area contributed by atoms with Crippen molar-refractivity contribution in [2.24, 2.45) is 5.92 Å². The van der Waals surface area contributed by atoms with Crippen molar-refractivity contribution in [3.63, 3.8) is 0 Å². The van der Waals surface area contributed by atoms with E-state index in [0.29, 0.717) is 5.57 Å². The van der Waals surface area contributed by atoms with Gasteiger partial charge in [0.25, 0.3) is 5.91 Å². The van der Waals surface area contributed by atoms with Gasteiger partial charge < -0.3 is 14.4 Å². The Bertz CT molecular complexity index is 309. The van der Waals surface area contributed by atoms with Crippen LogP contribution in [0.2, 0.25) is 0 Å². The molecule has 0 bridgehead atoms. The van der Waals surface area contributed by atoms with Crippen molar-refractivity contribution >= 4 is 12.1 Å². The molecule has 1 aliphatic heterocycles. The molecular weight excluding hydrogens is 198 g/mol. The van der Waals surface area contributed by atoms with Crippen molar-refractivity contribution in [3.05, 3.63) is 11.6 Å². The van der Waals surface area contributed by atoms with Crippen LogP contribution in [0.1, 0.15) is 13.8 Å². The molecule has 0 aromatic heterocycles. The lowest BCUT2D eigenvalue weighted by atomic mass is 10.0. The number of rotatable bonds is 2. The third kappa shape index (κ3) is 2.29. The molecular formula is C10H15NO4. The van der Waals surface area contributed by atoms with Crippen LogP contribution in [0, 0.1) is 5.92 Å². The number of ether oxygens (including phenoxy) is 2. The van der Waals surface area contributed by atoms with Crippen LogP contribution in [0.3, 0.4) is 0 Å². The van der Waals surface area contributed by atoms with E-state index < -0.39 is 12.4 Å². The molecule has 0 N–H and O–H groups in total. The second-order valence-electron chi connectivity index (χ2n) is 3.66. The molecule has 0 fully saturated rings. The van der Waals surface area contributed by atoms with Gasteiger partial charge in [0, 0.05) is 12.6 Å². The average Bonchev–Trinajstić information content (AvgIpc) is 2.46. The van der Waals surface area contributed by atoms with E-state index in [1.165, 1.54) is 12.0 Å². The zero-order chi connectivity index (χ0) is 11.6. The fourth-order valence-corrected chi connectivity index (χ4v) is 1.36. The second-order valence-corrected chi connectivity index (χ2v) is 3.66. The Balaban J connectivity index is 2.76. The van der Waals surface area contributed by atoms with Crippen LogP contribution in [-0.4, -0.2) is 37.3 Å². The predicted molar refractivity (Wildman–Crippen MR) is 53.0 cm³/mol. The highest BCUT2D eigenvalue weighted by atomic mass is 16.7. The first-order chi connectivity index (χ1) is 6.97. The fraction of sp³-hybridized carbons (Fsp3) is 0.600. The molecule has 84 valence electrons. The number of carbonyl (C=O) groups excluding carboxylic acids is 2. The predicted octanol–water partition coefficient (Wildman–Crippen LogP) is 1.15. The van der Waals surface area contributed by atoms with Crippen LogP contribution >= 0.6 is 0 Å². The van der Waals surface area contributed by atoms with E-state index in [4.69, 9.17) is 4.74 Å². The quantitative estimate of drug-likeness (QED) is 0.646. The van der Waals surface area contributed by atoms with Crippen molar-refractivity contribution in [3.8, 4) is 0 Å². The van der Waals surface area contributed by atoms with E-state index in [1.54, 1.807) is 13.1 Å². The van der Waals surface area contributed by atoms with E-state index in [2.05, 4.69) is 4.74 Å². The lowest BCUT2D eigenvalue weighted by Crippen LogP contribution is -2.34. The number of amides is 1. The summed E-state index contributed by atoms with van der Waals surface area (Å²) in [6, 6.07) is 0. The maximum Gasteiger partial charge on any atom is 0.510 e. The first-order valence-corrected chi connectivity index (χ1v) is 4.70. The summed E-state index contributed by atoms with van der Waals surface area (Å²) in [6.07, 6.45) is 0.201. The molecule has 1 aliphatic rings. The van der Waals surface area contributed by atoms with Gasteiger partial charge in [0.1, 0.15) is 0 Å². The van der Waals surface area contributed by atoms with Crippen LogP contribution in [0.5, 0.6) is 0 Å². The molecule has 0 aromatic rings. The van der Waals surface area contributed by atoms with E-state index in [0.717, 1.165) is 0 Å². The Hall–Kier alpha value is -1.52. The molecule has 1 heterocycles. The number of nitrogens with zero attached hydrogens (tertiary/aromatic N) is 1. The number of carbonyl (C=O) groups is 2. The summed E-state index contributed by atoms with van der Waals surface area (Å²) in [6.45, 7) is 3.83. The van der Waals surface area contributed by atoms with Crippen LogP contribution in [0.4, 0.5) is 4.79 Å². The molecule has 0 saturated carbocycles. The van der Waals surface area contributed by atoms with Crippen molar-refractivity contribution in [2.75, 3.05) is 14.2 Å². The van der Waals surface area contributed by atoms with Gasteiger partial charge in [-0.25, -0.2) is 4.79 Å². The monoisotopic (exact) mass is 213 g/mol. The van der Waals surface area contributed by atoms with E-state index in [1.807, 2.05) is 13.8 Å². The zero-order valence-corrected chi connectivity index (χ0v) is 9.31. The standard InChI is InChI=1S/C10H15NO4/c1-6(2)7-5-8(11(3)9(7)12)15-10(13)14-4/h5-6,8H,1-4H3. The van der Waals surface area contributed by atoms with Gasteiger partial charge in [-0.1, -0.05) is 13.8 Å². The van der Waals surface area contributed by atoms with Gasteiger partial charge in [-0.15, -0.1) is 0 Å². The van der Waals surface area contributed by atoms with Crippen LogP contribution in [0.25, 0.3) is 0 Å². The summed E-state index contributed by atoms with van der Waals surface area (Å²) in [5.74, 6) is 0.00472. The van der Waals surface area contributed by atoms with Gasteiger partial charge in [0.2, 0.25) is 6.23 Å². The summed E-state index contributed by atoms with van der Waals surface area (Å²) in [5, 5.41) is 0. The molecule has 0 saturated heterocycles. The number of likely N-dealkylation sites (N-methyl/N-ethyl adjacent to an activating group) is 1. The van der Waals surface area contributed by atoms with Crippen molar-refractivity contribution in [1.82, 2.24) is 4.90 Å². The van der Waals surface area contributed by atoms with Crippen LogP contribution < -0.4 is 0 Å². The number of hydrogen-bond acceptors (Lipinski definition) is 4. The summed E-state index contributed by atoms with van der Waals surface area (Å²) in [7, 11) is 2.81. The Morgan fingerprint density at radius 1 is 1.53 bits per heavy atom. The SMILES string of the molecule is COC(=O)OC1C=C(C(C)C)C(=O)N1C. The molecule has 15 heavy (non-hydrogen) atoms. The van der Waals surface area contributed by atoms with Crippen molar-refractivity contribution in [2.45, 2.75) is 20.1 Å². The molecule has 1 rings (SSSR count). The van der Waals surface area contributed by atoms with E-state index >= 15 is 0 Å². The molecule has 1 amide bonds. The van der Waals surface area contributed by atoms with E-state index in [9.17, 15) is 9.59 Å². The van der Waals surface area contributed by atoms with Crippen LogP contribution in [0.15, 0.2) is 11.6 Å². The molecule has 0 radical (unpaired) electrons. The van der Waals surface area contributed by atoms with Gasteiger partial charge in [-0.2, -0.15) is 0 Å². The minimum absolute atomic E-state index is 0.112. The number of hydrogen-bond donors (Lipinski definition) is 0. The average molecular weight is 213 g/mol. The smallest absolute Gasteiger partial charge is 0.438 e. The van der Waals surface area contributed by atoms with E-state index in [-0.39, 0.29) is 11.8 Å². The first kappa shape index (κ1) is 11.6. The summed E-state index contributed by atoms with van der Waals surface area (Å²) in [4.78, 5) is 23.9. The molecule has 0 aliphatic carbocycles. The molecule has 5 nitrogen and oxygen atoms in total.